The van der Waals surface area contributed by atoms with Gasteiger partial charge in [-0.15, -0.1) is 0 Å². The van der Waals surface area contributed by atoms with Crippen molar-refractivity contribution in [2.75, 3.05) is 13.1 Å². The van der Waals surface area contributed by atoms with E-state index in [0.717, 1.165) is 22.5 Å². The quantitative estimate of drug-likeness (QED) is 0.868. The molecule has 0 saturated carbocycles. The smallest absolute Gasteiger partial charge is 0.169 e. The van der Waals surface area contributed by atoms with E-state index in [2.05, 4.69) is 11.1 Å². The second-order valence-electron chi connectivity index (χ2n) is 5.64. The molecule has 0 fully saturated rings. The first-order chi connectivity index (χ1) is 10.6. The van der Waals surface area contributed by atoms with Crippen molar-refractivity contribution in [1.82, 2.24) is 4.90 Å². The number of halogens is 2. The van der Waals surface area contributed by atoms with E-state index < -0.39 is 5.72 Å². The molecule has 2 aromatic carbocycles. The van der Waals surface area contributed by atoms with Gasteiger partial charge in [-0.2, -0.15) is 0 Å². The lowest BCUT2D eigenvalue weighted by molar-refractivity contribution is -0.0745. The molecule has 0 amide bonds. The average molecular weight is 333 g/mol. The predicted octanol–water partition coefficient (Wildman–Crippen LogP) is 3.46. The molecule has 2 aliphatic rings. The monoisotopic (exact) mass is 332 g/mol. The van der Waals surface area contributed by atoms with E-state index in [0.29, 0.717) is 29.6 Å². The number of aliphatic imine (C=N–C) groups is 1. The molecule has 0 radical (unpaired) electrons. The van der Waals surface area contributed by atoms with E-state index in [1.807, 2.05) is 29.2 Å². The van der Waals surface area contributed by atoms with Crippen LogP contribution < -0.4 is 0 Å². The Morgan fingerprint density at radius 2 is 1.91 bits per heavy atom. The molecule has 2 aromatic rings. The Bertz CT molecular complexity index is 790. The fourth-order valence-electron chi connectivity index (χ4n) is 3.29. The highest BCUT2D eigenvalue weighted by molar-refractivity contribution is 6.42. The summed E-state index contributed by atoms with van der Waals surface area (Å²) in [6, 6.07) is 13.4. The highest BCUT2D eigenvalue weighted by atomic mass is 35.5. The maximum Gasteiger partial charge on any atom is 0.169 e. The number of aliphatic hydroxyl groups is 1. The molecule has 0 aliphatic carbocycles. The van der Waals surface area contributed by atoms with Gasteiger partial charge in [-0.25, -0.2) is 0 Å². The first kappa shape index (κ1) is 14.1. The van der Waals surface area contributed by atoms with Crippen LogP contribution in [0, 0.1) is 0 Å². The van der Waals surface area contributed by atoms with E-state index in [1.54, 1.807) is 12.1 Å². The normalized spacial score (nSPS) is 23.0. The van der Waals surface area contributed by atoms with Gasteiger partial charge >= 0.3 is 0 Å². The third-order valence-corrected chi connectivity index (χ3v) is 5.10. The van der Waals surface area contributed by atoms with Crippen LogP contribution in [0.5, 0.6) is 0 Å². The first-order valence-electron chi connectivity index (χ1n) is 7.18. The summed E-state index contributed by atoms with van der Waals surface area (Å²) in [5, 5.41) is 12.4. The maximum atomic E-state index is 11.4. The van der Waals surface area contributed by atoms with E-state index in [4.69, 9.17) is 23.2 Å². The minimum Gasteiger partial charge on any atom is -0.366 e. The number of hydrogen-bond acceptors (Lipinski definition) is 3. The molecule has 0 spiro atoms. The Morgan fingerprint density at radius 3 is 2.73 bits per heavy atom. The lowest BCUT2D eigenvalue weighted by Crippen LogP contribution is -2.53. The molecular formula is C17H14Cl2N2O. The standard InChI is InChI=1S/C17H14Cl2N2O/c18-14-6-5-12(9-15(14)19)17(22)10-11-3-1-2-4-13(11)16-20-7-8-21(16)17/h1-6,9,22H,7-8,10H2/t17-/m1/s1. The molecule has 5 heteroatoms. The zero-order valence-corrected chi connectivity index (χ0v) is 13.3. The molecule has 0 saturated heterocycles. The van der Waals surface area contributed by atoms with Gasteiger partial charge in [0.15, 0.2) is 5.72 Å². The Hall–Kier alpha value is -1.55. The van der Waals surface area contributed by atoms with Crippen LogP contribution in [0.3, 0.4) is 0 Å². The molecule has 2 heterocycles. The highest BCUT2D eigenvalue weighted by Crippen LogP contribution is 2.40. The summed E-state index contributed by atoms with van der Waals surface area (Å²) in [4.78, 5) is 6.55. The van der Waals surface area contributed by atoms with Gasteiger partial charge < -0.3 is 10.0 Å². The molecule has 0 unspecified atom stereocenters. The number of benzene rings is 2. The van der Waals surface area contributed by atoms with Crippen molar-refractivity contribution in [2.24, 2.45) is 4.99 Å². The molecule has 22 heavy (non-hydrogen) atoms. The van der Waals surface area contributed by atoms with Gasteiger partial charge in [-0.05, 0) is 17.7 Å². The van der Waals surface area contributed by atoms with Crippen molar-refractivity contribution >= 4 is 29.0 Å². The van der Waals surface area contributed by atoms with E-state index in [-0.39, 0.29) is 0 Å². The van der Waals surface area contributed by atoms with Crippen LogP contribution in [-0.2, 0) is 12.1 Å². The van der Waals surface area contributed by atoms with Gasteiger partial charge in [0.2, 0.25) is 0 Å². The number of nitrogens with zero attached hydrogens (tertiary/aromatic N) is 2. The largest absolute Gasteiger partial charge is 0.366 e. The number of hydrogen-bond donors (Lipinski definition) is 1. The second-order valence-corrected chi connectivity index (χ2v) is 6.45. The number of fused-ring (bicyclic) bond motifs is 3. The number of amidine groups is 1. The van der Waals surface area contributed by atoms with Gasteiger partial charge in [-0.3, -0.25) is 4.99 Å². The predicted molar refractivity (Wildman–Crippen MR) is 88.6 cm³/mol. The molecular weight excluding hydrogens is 319 g/mol. The Kier molecular flexibility index (Phi) is 3.19. The van der Waals surface area contributed by atoms with Crippen molar-refractivity contribution in [1.29, 1.82) is 0 Å². The molecule has 0 bridgehead atoms. The lowest BCUT2D eigenvalue weighted by Gasteiger charge is -2.43. The van der Waals surface area contributed by atoms with Crippen LogP contribution in [0.2, 0.25) is 10.0 Å². The highest BCUT2D eigenvalue weighted by Gasteiger charge is 2.45. The Morgan fingerprint density at radius 1 is 1.09 bits per heavy atom. The van der Waals surface area contributed by atoms with Crippen LogP contribution in [-0.4, -0.2) is 28.9 Å². The van der Waals surface area contributed by atoms with E-state index >= 15 is 0 Å². The summed E-state index contributed by atoms with van der Waals surface area (Å²) in [6.07, 6.45) is 0.500. The van der Waals surface area contributed by atoms with Crippen molar-refractivity contribution in [3.05, 3.63) is 69.2 Å². The molecule has 112 valence electrons. The minimum absolute atomic E-state index is 0.448. The molecule has 1 atom stereocenters. The van der Waals surface area contributed by atoms with E-state index in [1.165, 1.54) is 0 Å². The topological polar surface area (TPSA) is 35.8 Å². The van der Waals surface area contributed by atoms with Crippen molar-refractivity contribution in [2.45, 2.75) is 12.1 Å². The van der Waals surface area contributed by atoms with Gasteiger partial charge in [0.25, 0.3) is 0 Å². The van der Waals surface area contributed by atoms with Gasteiger partial charge in [0.1, 0.15) is 5.84 Å². The third-order valence-electron chi connectivity index (χ3n) is 4.36. The summed E-state index contributed by atoms with van der Waals surface area (Å²) in [6.45, 7) is 1.38. The van der Waals surface area contributed by atoms with Crippen molar-refractivity contribution < 1.29 is 5.11 Å². The van der Waals surface area contributed by atoms with Crippen LogP contribution >= 0.6 is 23.2 Å². The number of rotatable bonds is 1. The zero-order valence-electron chi connectivity index (χ0n) is 11.8. The minimum atomic E-state index is -1.14. The van der Waals surface area contributed by atoms with Crippen LogP contribution in [0.4, 0.5) is 0 Å². The summed E-state index contributed by atoms with van der Waals surface area (Å²) in [7, 11) is 0. The SMILES string of the molecule is O[C@@]1(c2ccc(Cl)c(Cl)c2)Cc2ccccc2C2=NCCN21. The summed E-state index contributed by atoms with van der Waals surface area (Å²) in [5.41, 5.74) is 1.79. The van der Waals surface area contributed by atoms with Crippen LogP contribution in [0.25, 0.3) is 0 Å². The second kappa shape index (κ2) is 4.98. The Balaban J connectivity index is 1.88. The van der Waals surface area contributed by atoms with Crippen molar-refractivity contribution in [3.8, 4) is 0 Å². The summed E-state index contributed by atoms with van der Waals surface area (Å²) >= 11 is 12.2. The zero-order chi connectivity index (χ0) is 15.3. The maximum absolute atomic E-state index is 11.4. The van der Waals surface area contributed by atoms with Gasteiger partial charge in [0.05, 0.1) is 16.6 Å². The molecule has 2 aliphatic heterocycles. The lowest BCUT2D eigenvalue weighted by atomic mass is 9.86. The third kappa shape index (κ3) is 1.97. The molecule has 0 aromatic heterocycles. The summed E-state index contributed by atoms with van der Waals surface area (Å²) in [5.74, 6) is 0.857. The van der Waals surface area contributed by atoms with Crippen LogP contribution in [0.1, 0.15) is 16.7 Å². The molecule has 1 N–H and O–H groups in total. The van der Waals surface area contributed by atoms with Gasteiger partial charge in [0, 0.05) is 24.1 Å². The van der Waals surface area contributed by atoms with Gasteiger partial charge in [-0.1, -0.05) is 53.5 Å². The fraction of sp³-hybridized carbons (Fsp3) is 0.235. The Labute approximate surface area is 138 Å². The van der Waals surface area contributed by atoms with Crippen LogP contribution in [0.15, 0.2) is 47.5 Å². The molecule has 3 nitrogen and oxygen atoms in total. The van der Waals surface area contributed by atoms with E-state index in [9.17, 15) is 5.11 Å². The molecule has 4 rings (SSSR count). The average Bonchev–Trinajstić information content (AvgIpc) is 3.01. The van der Waals surface area contributed by atoms with Crippen molar-refractivity contribution in [3.63, 3.8) is 0 Å². The first-order valence-corrected chi connectivity index (χ1v) is 7.93. The summed E-state index contributed by atoms with van der Waals surface area (Å²) < 4.78 is 0. The fourth-order valence-corrected chi connectivity index (χ4v) is 3.59.